The number of hydrogen-bond donors (Lipinski definition) is 2. The zero-order chi connectivity index (χ0) is 21.7. The molecule has 2 fully saturated rings. The van der Waals surface area contributed by atoms with Crippen molar-refractivity contribution in [2.75, 3.05) is 0 Å². The Morgan fingerprint density at radius 1 is 0.581 bits per heavy atom. The molecule has 4 heteroatoms. The second kappa shape index (κ2) is 7.22. The number of rotatable bonds is 4. The molecule has 2 saturated carbocycles. The number of carboxylic acid groups (broad SMARTS) is 2. The van der Waals surface area contributed by atoms with Gasteiger partial charge >= 0.3 is 11.9 Å². The van der Waals surface area contributed by atoms with E-state index in [0.29, 0.717) is 25.7 Å². The summed E-state index contributed by atoms with van der Waals surface area (Å²) in [6.45, 7) is 0. The highest BCUT2D eigenvalue weighted by Gasteiger charge is 2.72. The van der Waals surface area contributed by atoms with Crippen molar-refractivity contribution in [1.82, 2.24) is 0 Å². The standard InChI is InChI=1S/C27H30O4/c28-23(29)25(15-7-1-8-16-25)27(26(24(30)31)17-9-2-10-18-26)21-13-5-3-11-19(21)20-12-4-6-14-22(20)27/h3-6,11-14H,1-2,7-10,15-18H2,(H,28,29)(H,30,31). The fraction of sp³-hybridized carbons (Fsp3) is 0.481. The molecule has 4 nitrogen and oxygen atoms in total. The van der Waals surface area contributed by atoms with Gasteiger partial charge in [-0.15, -0.1) is 0 Å². The van der Waals surface area contributed by atoms with Gasteiger partial charge in [-0.3, -0.25) is 9.59 Å². The molecule has 0 radical (unpaired) electrons. The van der Waals surface area contributed by atoms with Crippen LogP contribution in [0.5, 0.6) is 0 Å². The quantitative estimate of drug-likeness (QED) is 0.636. The molecule has 0 bridgehead atoms. The van der Waals surface area contributed by atoms with Crippen LogP contribution in [0, 0.1) is 10.8 Å². The lowest BCUT2D eigenvalue weighted by Crippen LogP contribution is -2.64. The van der Waals surface area contributed by atoms with Crippen LogP contribution in [-0.2, 0) is 15.0 Å². The fourth-order valence-electron chi connectivity index (χ4n) is 7.53. The predicted molar refractivity (Wildman–Crippen MR) is 119 cm³/mol. The van der Waals surface area contributed by atoms with Crippen LogP contribution < -0.4 is 0 Å². The summed E-state index contributed by atoms with van der Waals surface area (Å²) in [6.07, 6.45) is 7.44. The summed E-state index contributed by atoms with van der Waals surface area (Å²) in [5, 5.41) is 21.8. The molecule has 5 rings (SSSR count). The molecule has 0 saturated heterocycles. The lowest BCUT2D eigenvalue weighted by atomic mass is 9.41. The van der Waals surface area contributed by atoms with E-state index in [4.69, 9.17) is 0 Å². The van der Waals surface area contributed by atoms with E-state index < -0.39 is 28.2 Å². The molecule has 162 valence electrons. The fourth-order valence-corrected chi connectivity index (χ4v) is 7.53. The van der Waals surface area contributed by atoms with Crippen molar-refractivity contribution in [2.24, 2.45) is 10.8 Å². The van der Waals surface area contributed by atoms with Crippen LogP contribution >= 0.6 is 0 Å². The SMILES string of the molecule is O=C(O)C1(C2(C3(C(=O)O)CCCCC3)c3ccccc3-c3ccccc32)CCCCC1. The summed E-state index contributed by atoms with van der Waals surface area (Å²) in [4.78, 5) is 26.6. The topological polar surface area (TPSA) is 74.6 Å². The first-order valence-electron chi connectivity index (χ1n) is 11.7. The largest absolute Gasteiger partial charge is 0.481 e. The molecular formula is C27H30O4. The van der Waals surface area contributed by atoms with E-state index in [1.165, 1.54) is 0 Å². The van der Waals surface area contributed by atoms with Gasteiger partial charge in [-0.2, -0.15) is 0 Å². The maximum Gasteiger partial charge on any atom is 0.310 e. The highest BCUT2D eigenvalue weighted by Crippen LogP contribution is 2.71. The molecule has 2 aromatic rings. The Morgan fingerprint density at radius 3 is 1.29 bits per heavy atom. The number of benzene rings is 2. The smallest absolute Gasteiger partial charge is 0.310 e. The first-order valence-corrected chi connectivity index (χ1v) is 11.7. The minimum Gasteiger partial charge on any atom is -0.481 e. The van der Waals surface area contributed by atoms with Crippen molar-refractivity contribution in [1.29, 1.82) is 0 Å². The maximum absolute atomic E-state index is 13.3. The van der Waals surface area contributed by atoms with Gasteiger partial charge in [-0.25, -0.2) is 0 Å². The normalized spacial score (nSPS) is 22.8. The first-order chi connectivity index (χ1) is 15.0. The Hall–Kier alpha value is -2.62. The van der Waals surface area contributed by atoms with Crippen LogP contribution in [0.4, 0.5) is 0 Å². The van der Waals surface area contributed by atoms with E-state index in [9.17, 15) is 19.8 Å². The highest BCUT2D eigenvalue weighted by atomic mass is 16.4. The molecular weight excluding hydrogens is 388 g/mol. The van der Waals surface area contributed by atoms with Gasteiger partial charge in [0.15, 0.2) is 0 Å². The molecule has 3 aliphatic rings. The van der Waals surface area contributed by atoms with Crippen molar-refractivity contribution in [3.05, 3.63) is 59.7 Å². The number of hydrogen-bond acceptors (Lipinski definition) is 2. The predicted octanol–water partition coefficient (Wildman–Crippen LogP) is 6.02. The maximum atomic E-state index is 13.3. The Kier molecular flexibility index (Phi) is 4.72. The van der Waals surface area contributed by atoms with Crippen molar-refractivity contribution in [2.45, 2.75) is 69.6 Å². The molecule has 2 aromatic carbocycles. The molecule has 0 aromatic heterocycles. The van der Waals surface area contributed by atoms with Gasteiger partial charge in [-0.05, 0) is 47.9 Å². The van der Waals surface area contributed by atoms with E-state index >= 15 is 0 Å². The van der Waals surface area contributed by atoms with Crippen LogP contribution in [0.15, 0.2) is 48.5 Å². The third-order valence-corrected chi connectivity index (χ3v) is 8.62. The summed E-state index contributed by atoms with van der Waals surface area (Å²) in [7, 11) is 0. The summed E-state index contributed by atoms with van der Waals surface area (Å²) < 4.78 is 0. The van der Waals surface area contributed by atoms with E-state index in [1.54, 1.807) is 0 Å². The van der Waals surface area contributed by atoms with Gasteiger partial charge in [0.05, 0.1) is 16.2 Å². The van der Waals surface area contributed by atoms with Crippen LogP contribution in [0.25, 0.3) is 11.1 Å². The molecule has 0 aliphatic heterocycles. The van der Waals surface area contributed by atoms with Crippen LogP contribution in [0.1, 0.15) is 75.3 Å². The minimum atomic E-state index is -1.12. The third-order valence-electron chi connectivity index (χ3n) is 8.62. The Balaban J connectivity index is 1.97. The second-order valence-electron chi connectivity index (χ2n) is 9.74. The van der Waals surface area contributed by atoms with Crippen molar-refractivity contribution in [3.63, 3.8) is 0 Å². The highest BCUT2D eigenvalue weighted by molar-refractivity contribution is 5.93. The first kappa shape index (κ1) is 20.3. The minimum absolute atomic E-state index is 0.528. The van der Waals surface area contributed by atoms with E-state index in [2.05, 4.69) is 0 Å². The van der Waals surface area contributed by atoms with E-state index in [1.807, 2.05) is 48.5 Å². The average Bonchev–Trinajstić information content (AvgIpc) is 3.12. The number of fused-ring (bicyclic) bond motifs is 3. The van der Waals surface area contributed by atoms with Gasteiger partial charge in [-0.1, -0.05) is 87.1 Å². The van der Waals surface area contributed by atoms with Gasteiger partial charge in [0.1, 0.15) is 0 Å². The van der Waals surface area contributed by atoms with Crippen LogP contribution in [0.2, 0.25) is 0 Å². The summed E-state index contributed by atoms with van der Waals surface area (Å²) in [5.41, 5.74) is 0.555. The van der Waals surface area contributed by atoms with E-state index in [-0.39, 0.29) is 0 Å². The van der Waals surface area contributed by atoms with E-state index in [0.717, 1.165) is 60.8 Å². The lowest BCUT2D eigenvalue weighted by molar-refractivity contribution is -0.174. The Morgan fingerprint density at radius 2 is 0.935 bits per heavy atom. The molecule has 0 atom stereocenters. The van der Waals surface area contributed by atoms with Crippen LogP contribution in [-0.4, -0.2) is 22.2 Å². The second-order valence-corrected chi connectivity index (χ2v) is 9.74. The summed E-state index contributed by atoms with van der Waals surface area (Å²) in [5.74, 6) is -1.66. The molecule has 0 unspecified atom stereocenters. The van der Waals surface area contributed by atoms with Gasteiger partial charge < -0.3 is 10.2 Å². The number of carboxylic acids is 2. The monoisotopic (exact) mass is 418 g/mol. The average molecular weight is 419 g/mol. The molecule has 0 spiro atoms. The molecule has 3 aliphatic carbocycles. The molecule has 0 heterocycles. The van der Waals surface area contributed by atoms with Crippen molar-refractivity contribution in [3.8, 4) is 11.1 Å². The van der Waals surface area contributed by atoms with Crippen molar-refractivity contribution < 1.29 is 19.8 Å². The van der Waals surface area contributed by atoms with Gasteiger partial charge in [0.25, 0.3) is 0 Å². The zero-order valence-corrected chi connectivity index (χ0v) is 17.9. The number of carbonyl (C=O) groups is 2. The Labute approximate surface area is 183 Å². The van der Waals surface area contributed by atoms with Gasteiger partial charge in [0, 0.05) is 0 Å². The summed E-state index contributed by atoms with van der Waals surface area (Å²) >= 11 is 0. The Bertz CT molecular complexity index is 942. The third kappa shape index (κ3) is 2.42. The number of aliphatic carboxylic acids is 2. The van der Waals surface area contributed by atoms with Gasteiger partial charge in [0.2, 0.25) is 0 Å². The molecule has 0 amide bonds. The molecule has 31 heavy (non-hydrogen) atoms. The van der Waals surface area contributed by atoms with Crippen molar-refractivity contribution >= 4 is 11.9 Å². The molecule has 2 N–H and O–H groups in total. The lowest BCUT2D eigenvalue weighted by Gasteiger charge is -2.58. The van der Waals surface area contributed by atoms with Crippen LogP contribution in [0.3, 0.4) is 0 Å². The summed E-state index contributed by atoms with van der Waals surface area (Å²) in [6, 6.07) is 16.0. The zero-order valence-electron chi connectivity index (χ0n) is 17.9.